The Bertz CT molecular complexity index is 1860. The molecule has 58 heavy (non-hydrogen) atoms. The SMILES string of the molecule is CC/C=C\C/C=C\C/C=C\C/C=C\C/C=C\C/C=C\CCC(=O)N[C@@H](C)C(=O)Nc1ccn(C2CS[C@H](CO)O2)c(=O)n1.Nc1ccn(C2CS[C@H](CO)O2)c(=O)n1. The summed E-state index contributed by atoms with van der Waals surface area (Å²) in [6.07, 6.45) is 34.3. The largest absolute Gasteiger partial charge is 0.393 e. The van der Waals surface area contributed by atoms with Crippen molar-refractivity contribution in [2.45, 2.75) is 94.6 Å². The van der Waals surface area contributed by atoms with E-state index in [1.165, 1.54) is 44.9 Å². The van der Waals surface area contributed by atoms with Crippen molar-refractivity contribution < 1.29 is 29.3 Å². The van der Waals surface area contributed by atoms with Gasteiger partial charge in [-0.05, 0) is 64.0 Å². The van der Waals surface area contributed by atoms with Crippen molar-refractivity contribution in [1.29, 1.82) is 0 Å². The Kier molecular flexibility index (Phi) is 23.1. The summed E-state index contributed by atoms with van der Waals surface area (Å²) in [7, 11) is 0. The summed E-state index contributed by atoms with van der Waals surface area (Å²) in [6, 6.07) is 2.25. The van der Waals surface area contributed by atoms with E-state index in [1.54, 1.807) is 19.2 Å². The molecule has 0 radical (unpaired) electrons. The fraction of sp³-hybridized carbons (Fsp3) is 0.463. The summed E-state index contributed by atoms with van der Waals surface area (Å²) < 4.78 is 13.7. The summed E-state index contributed by atoms with van der Waals surface area (Å²) >= 11 is 2.88. The molecule has 4 rings (SSSR count). The van der Waals surface area contributed by atoms with E-state index in [2.05, 4.69) is 88.3 Å². The third kappa shape index (κ3) is 18.4. The Balaban J connectivity index is 0.000000496. The Hall–Kier alpha value is -4.52. The van der Waals surface area contributed by atoms with Gasteiger partial charge in [0.25, 0.3) is 0 Å². The van der Waals surface area contributed by atoms with Crippen LogP contribution in [0.15, 0.2) is 107 Å². The average Bonchev–Trinajstić information content (AvgIpc) is 3.89. The van der Waals surface area contributed by atoms with Gasteiger partial charge in [0.1, 0.15) is 41.0 Å². The molecular formula is C41H57N7O8S2. The van der Waals surface area contributed by atoms with Crippen molar-refractivity contribution in [2.24, 2.45) is 0 Å². The molecule has 2 aromatic rings. The second-order valence-corrected chi connectivity index (χ2v) is 15.2. The highest BCUT2D eigenvalue weighted by atomic mass is 32.2. The van der Waals surface area contributed by atoms with Gasteiger partial charge in [-0.3, -0.25) is 18.7 Å². The number of thioether (sulfide) groups is 2. The number of nitrogens with two attached hydrogens (primary N) is 1. The minimum Gasteiger partial charge on any atom is -0.393 e. The lowest BCUT2D eigenvalue weighted by atomic mass is 10.2. The van der Waals surface area contributed by atoms with Crippen LogP contribution in [0.4, 0.5) is 11.6 Å². The third-order valence-corrected chi connectivity index (χ3v) is 10.4. The number of rotatable bonds is 21. The van der Waals surface area contributed by atoms with E-state index in [1.807, 2.05) is 12.2 Å². The van der Waals surface area contributed by atoms with E-state index >= 15 is 0 Å². The standard InChI is InChI=1S/C33H46N4O5S.C8H11N3O3S/c1-3-4-5-6-7-8-9-10-11-12-13-14-15-16-17-18-19-20-21-22-29(39)34-27(2)32(40)35-28-23-24-37(33(41)36-28)30-26-43-31(25-38)42-30;9-5-1-2-11(8(13)10-5)6-4-15-7(3-12)14-6/h4-5,7-8,10-11,13-14,16-17,19-20,23-24,27,30-31,38H,3,6,9,12,15,18,21-22,25-26H2,1-2H3,(H,34,39)(H,35,36,40,41);1-2,6-7,12H,3-4H2,(H2,9,10,13)/b5-4-,8-7-,11-10-,14-13-,17-16-,20-19-;/t27-,30?,31+;6?,7-/m01/s1. The van der Waals surface area contributed by atoms with Gasteiger partial charge in [0.2, 0.25) is 11.8 Å². The summed E-state index contributed by atoms with van der Waals surface area (Å²) in [4.78, 5) is 56.0. The van der Waals surface area contributed by atoms with Crippen molar-refractivity contribution in [2.75, 3.05) is 35.8 Å². The number of nitrogen functional groups attached to an aromatic ring is 1. The first kappa shape index (κ1) is 47.9. The predicted molar refractivity (Wildman–Crippen MR) is 232 cm³/mol. The molecule has 2 fully saturated rings. The zero-order valence-electron chi connectivity index (χ0n) is 33.1. The van der Waals surface area contributed by atoms with E-state index in [0.717, 1.165) is 38.5 Å². The van der Waals surface area contributed by atoms with E-state index in [0.29, 0.717) is 17.9 Å². The first-order valence-corrected chi connectivity index (χ1v) is 21.4. The van der Waals surface area contributed by atoms with Gasteiger partial charge in [-0.25, -0.2) is 9.59 Å². The van der Waals surface area contributed by atoms with Crippen molar-refractivity contribution in [3.63, 3.8) is 0 Å². The topological polar surface area (TPSA) is 213 Å². The molecule has 2 aliphatic heterocycles. The lowest BCUT2D eigenvalue weighted by molar-refractivity contribution is -0.126. The number of hydrogen-bond acceptors (Lipinski definition) is 13. The Morgan fingerprint density at radius 2 is 1.26 bits per heavy atom. The highest BCUT2D eigenvalue weighted by Crippen LogP contribution is 2.31. The summed E-state index contributed by atoms with van der Waals surface area (Å²) in [5.74, 6) is 0.715. The number of amides is 2. The molecule has 0 spiro atoms. The highest BCUT2D eigenvalue weighted by molar-refractivity contribution is 8.00. The van der Waals surface area contributed by atoms with Crippen molar-refractivity contribution in [3.05, 3.63) is 118 Å². The molecule has 4 heterocycles. The number of nitrogens with zero attached hydrogens (tertiary/aromatic N) is 4. The van der Waals surface area contributed by atoms with Gasteiger partial charge in [0, 0.05) is 30.3 Å². The molecule has 0 bridgehead atoms. The van der Waals surface area contributed by atoms with Gasteiger partial charge in [0.15, 0.2) is 0 Å². The maximum atomic E-state index is 12.5. The van der Waals surface area contributed by atoms with E-state index < -0.39 is 29.6 Å². The third-order valence-electron chi connectivity index (χ3n) is 8.22. The number of carbonyl (C=O) groups excluding carboxylic acids is 2. The van der Waals surface area contributed by atoms with Crippen LogP contribution in [0.25, 0.3) is 0 Å². The molecule has 316 valence electrons. The van der Waals surface area contributed by atoms with Crippen LogP contribution in [0.5, 0.6) is 0 Å². The number of carbonyl (C=O) groups is 2. The maximum absolute atomic E-state index is 12.5. The summed E-state index contributed by atoms with van der Waals surface area (Å²) in [5.41, 5.74) is 3.72. The molecule has 0 aliphatic carbocycles. The van der Waals surface area contributed by atoms with Crippen LogP contribution in [-0.4, -0.2) is 82.8 Å². The number of aliphatic hydroxyl groups excluding tert-OH is 2. The molecule has 15 nitrogen and oxygen atoms in total. The minimum atomic E-state index is -0.790. The second kappa shape index (κ2) is 28.0. The normalized spacial score (nSPS) is 20.2. The van der Waals surface area contributed by atoms with Crippen LogP contribution in [0.2, 0.25) is 0 Å². The van der Waals surface area contributed by atoms with Crippen molar-refractivity contribution in [1.82, 2.24) is 24.4 Å². The lowest BCUT2D eigenvalue weighted by Gasteiger charge is -2.15. The Morgan fingerprint density at radius 1 is 0.793 bits per heavy atom. The molecule has 2 aromatic heterocycles. The molecule has 2 amide bonds. The first-order valence-electron chi connectivity index (χ1n) is 19.3. The second-order valence-electron chi connectivity index (χ2n) is 12.8. The molecule has 2 unspecified atom stereocenters. The lowest BCUT2D eigenvalue weighted by Crippen LogP contribution is -2.42. The van der Waals surface area contributed by atoms with Gasteiger partial charge in [-0.2, -0.15) is 9.97 Å². The maximum Gasteiger partial charge on any atom is 0.351 e. The number of anilines is 2. The van der Waals surface area contributed by atoms with Gasteiger partial charge in [0.05, 0.1) is 13.2 Å². The van der Waals surface area contributed by atoms with E-state index in [-0.39, 0.29) is 54.3 Å². The fourth-order valence-corrected chi connectivity index (χ4v) is 7.05. The van der Waals surface area contributed by atoms with Crippen LogP contribution in [-0.2, 0) is 19.1 Å². The van der Waals surface area contributed by atoms with Crippen LogP contribution in [0.3, 0.4) is 0 Å². The molecule has 17 heteroatoms. The zero-order valence-corrected chi connectivity index (χ0v) is 34.8. The molecule has 5 atom stereocenters. The summed E-state index contributed by atoms with van der Waals surface area (Å²) in [6.45, 7) is 3.52. The predicted octanol–water partition coefficient (Wildman–Crippen LogP) is 5.15. The Morgan fingerprint density at radius 3 is 1.71 bits per heavy atom. The van der Waals surface area contributed by atoms with Crippen LogP contribution >= 0.6 is 23.5 Å². The van der Waals surface area contributed by atoms with Gasteiger partial charge >= 0.3 is 11.4 Å². The molecule has 0 aromatic carbocycles. The highest BCUT2D eigenvalue weighted by Gasteiger charge is 2.28. The van der Waals surface area contributed by atoms with Crippen molar-refractivity contribution >= 4 is 47.0 Å². The first-order chi connectivity index (χ1) is 28.1. The van der Waals surface area contributed by atoms with Crippen LogP contribution in [0.1, 0.15) is 77.7 Å². The molecule has 2 saturated heterocycles. The summed E-state index contributed by atoms with van der Waals surface area (Å²) in [5, 5.41) is 23.3. The number of aromatic nitrogens is 4. The van der Waals surface area contributed by atoms with Crippen LogP contribution < -0.4 is 27.7 Å². The quantitative estimate of drug-likeness (QED) is 0.103. The molecule has 6 N–H and O–H groups in total. The zero-order chi connectivity index (χ0) is 42.0. The monoisotopic (exact) mass is 839 g/mol. The van der Waals surface area contributed by atoms with Gasteiger partial charge < -0.3 is 36.1 Å². The fourth-order valence-electron chi connectivity index (χ4n) is 5.18. The van der Waals surface area contributed by atoms with E-state index in [4.69, 9.17) is 20.3 Å². The minimum absolute atomic E-state index is 0.0572. The average molecular weight is 840 g/mol. The van der Waals surface area contributed by atoms with Crippen LogP contribution in [0, 0.1) is 0 Å². The smallest absolute Gasteiger partial charge is 0.351 e. The van der Waals surface area contributed by atoms with Gasteiger partial charge in [-0.15, -0.1) is 23.5 Å². The number of hydrogen-bond donors (Lipinski definition) is 5. The molecule has 2 aliphatic rings. The molecular weight excluding hydrogens is 783 g/mol. The molecule has 0 saturated carbocycles. The van der Waals surface area contributed by atoms with E-state index in [9.17, 15) is 24.3 Å². The number of ether oxygens (including phenoxy) is 2. The number of allylic oxidation sites excluding steroid dienone is 12. The number of nitrogens with one attached hydrogen (secondary N) is 2. The number of aliphatic hydroxyl groups is 2. The van der Waals surface area contributed by atoms with Gasteiger partial charge in [-0.1, -0.05) is 79.8 Å². The van der Waals surface area contributed by atoms with Crippen molar-refractivity contribution in [3.8, 4) is 0 Å². The Labute approximate surface area is 348 Å².